The highest BCUT2D eigenvalue weighted by molar-refractivity contribution is 5.81. The molecule has 0 fully saturated rings. The Labute approximate surface area is 190 Å². The van der Waals surface area contributed by atoms with E-state index in [4.69, 9.17) is 31.8 Å². The number of hydrogen-bond donors (Lipinski definition) is 1. The summed E-state index contributed by atoms with van der Waals surface area (Å²) >= 11 is 0. The molecular weight excluding hydrogens is 406 g/mol. The molecule has 2 aromatic rings. The van der Waals surface area contributed by atoms with Crippen molar-refractivity contribution >= 4 is 5.91 Å². The number of ether oxygens (including phenoxy) is 4. The quantitative estimate of drug-likeness (QED) is 0.490. The van der Waals surface area contributed by atoms with Crippen molar-refractivity contribution in [3.05, 3.63) is 53.6 Å². The number of methoxy groups -OCH3 is 1. The maximum absolute atomic E-state index is 12.6. The number of carbonyl (C=O) groups excluding carboxylic acids is 1. The smallest absolute Gasteiger partial charge is 0.252 e. The van der Waals surface area contributed by atoms with Gasteiger partial charge in [-0.1, -0.05) is 37.0 Å². The molecule has 0 saturated carbocycles. The summed E-state index contributed by atoms with van der Waals surface area (Å²) in [6.07, 6.45) is 11.2. The lowest BCUT2D eigenvalue weighted by Crippen LogP contribution is -2.41. The second kappa shape index (κ2) is 13.6. The van der Waals surface area contributed by atoms with E-state index >= 15 is 0 Å². The van der Waals surface area contributed by atoms with Crippen LogP contribution >= 0.6 is 0 Å². The van der Waals surface area contributed by atoms with Gasteiger partial charge in [-0.2, -0.15) is 0 Å². The van der Waals surface area contributed by atoms with Crippen LogP contribution in [-0.4, -0.2) is 45.5 Å². The third-order valence-electron chi connectivity index (χ3n) is 4.65. The largest absolute Gasteiger partial charge is 0.493 e. The molecule has 0 radical (unpaired) electrons. The van der Waals surface area contributed by atoms with Crippen LogP contribution in [0.2, 0.25) is 0 Å². The Morgan fingerprint density at radius 3 is 2.38 bits per heavy atom. The fourth-order valence-electron chi connectivity index (χ4n) is 2.89. The number of hydrogen-bond acceptors (Lipinski definition) is 5. The number of rotatable bonds is 13. The number of aryl methyl sites for hydroxylation is 1. The summed E-state index contributed by atoms with van der Waals surface area (Å²) in [6, 6.07) is 13.3. The molecule has 1 N–H and O–H groups in total. The number of carbonyl (C=O) groups is 1. The first kappa shape index (κ1) is 24.7. The van der Waals surface area contributed by atoms with E-state index in [1.54, 1.807) is 13.2 Å². The first-order valence-electron chi connectivity index (χ1n) is 10.4. The SMILES string of the molecule is C#CCOc1ccc(CCNC(=O)[C@@H](COc2ccc(CC)cc2)OCC#C)cc1OC. The first-order chi connectivity index (χ1) is 15.6. The molecule has 0 saturated heterocycles. The van der Waals surface area contributed by atoms with Crippen LogP contribution in [0.25, 0.3) is 0 Å². The average Bonchev–Trinajstić information content (AvgIpc) is 2.83. The van der Waals surface area contributed by atoms with E-state index in [1.807, 2.05) is 36.4 Å². The topological polar surface area (TPSA) is 66.0 Å². The lowest BCUT2D eigenvalue weighted by atomic mass is 10.1. The normalized spacial score (nSPS) is 11.0. The molecular formula is C26H29NO5. The van der Waals surface area contributed by atoms with Crippen LogP contribution < -0.4 is 19.5 Å². The minimum atomic E-state index is -0.814. The summed E-state index contributed by atoms with van der Waals surface area (Å²) < 4.78 is 22.0. The standard InChI is InChI=1S/C26H29NO5/c1-5-16-30-23-13-10-21(18-24(23)29-4)14-15-27-26(28)25(31-17-6-2)19-32-22-11-8-20(7-3)9-12-22/h1-2,8-13,18,25H,7,14-17,19H2,3-4H3,(H,27,28)/t25-/m1/s1. The third-order valence-corrected chi connectivity index (χ3v) is 4.65. The molecule has 2 rings (SSSR count). The van der Waals surface area contributed by atoms with Crippen molar-refractivity contribution in [3.8, 4) is 41.9 Å². The Balaban J connectivity index is 1.89. The zero-order valence-electron chi connectivity index (χ0n) is 18.6. The number of amides is 1. The van der Waals surface area contributed by atoms with E-state index in [0.29, 0.717) is 30.2 Å². The van der Waals surface area contributed by atoms with Crippen LogP contribution in [0, 0.1) is 24.7 Å². The van der Waals surface area contributed by atoms with E-state index in [0.717, 1.165) is 12.0 Å². The second-order valence-electron chi connectivity index (χ2n) is 6.83. The van der Waals surface area contributed by atoms with Crippen molar-refractivity contribution in [2.24, 2.45) is 0 Å². The van der Waals surface area contributed by atoms with Crippen LogP contribution in [0.4, 0.5) is 0 Å². The number of nitrogens with one attached hydrogen (secondary N) is 1. The fraction of sp³-hybridized carbons (Fsp3) is 0.346. The molecule has 168 valence electrons. The van der Waals surface area contributed by atoms with Gasteiger partial charge in [0, 0.05) is 6.54 Å². The molecule has 6 nitrogen and oxygen atoms in total. The van der Waals surface area contributed by atoms with Crippen LogP contribution in [-0.2, 0) is 22.4 Å². The molecule has 32 heavy (non-hydrogen) atoms. The summed E-state index contributed by atoms with van der Waals surface area (Å²) in [5, 5.41) is 2.87. The highest BCUT2D eigenvalue weighted by Gasteiger charge is 2.20. The minimum absolute atomic E-state index is 0.0204. The average molecular weight is 436 g/mol. The van der Waals surface area contributed by atoms with Crippen LogP contribution in [0.3, 0.4) is 0 Å². The summed E-state index contributed by atoms with van der Waals surface area (Å²) in [5.41, 5.74) is 2.19. The second-order valence-corrected chi connectivity index (χ2v) is 6.83. The van der Waals surface area contributed by atoms with E-state index in [-0.39, 0.29) is 25.7 Å². The van der Waals surface area contributed by atoms with E-state index in [1.165, 1.54) is 5.56 Å². The zero-order chi connectivity index (χ0) is 23.2. The Morgan fingerprint density at radius 1 is 1.00 bits per heavy atom. The first-order valence-corrected chi connectivity index (χ1v) is 10.4. The summed E-state index contributed by atoms with van der Waals surface area (Å²) in [5.74, 6) is 6.35. The number of terminal acetylenes is 2. The molecule has 6 heteroatoms. The van der Waals surface area contributed by atoms with Crippen LogP contribution in [0.1, 0.15) is 18.1 Å². The molecule has 1 amide bonds. The molecule has 0 aliphatic rings. The van der Waals surface area contributed by atoms with Gasteiger partial charge in [0.25, 0.3) is 5.91 Å². The Hall–Kier alpha value is -3.61. The van der Waals surface area contributed by atoms with Gasteiger partial charge in [0.05, 0.1) is 7.11 Å². The van der Waals surface area contributed by atoms with E-state index in [2.05, 4.69) is 24.1 Å². The van der Waals surface area contributed by atoms with Gasteiger partial charge in [-0.3, -0.25) is 4.79 Å². The van der Waals surface area contributed by atoms with E-state index in [9.17, 15) is 4.79 Å². The van der Waals surface area contributed by atoms with Gasteiger partial charge < -0.3 is 24.3 Å². The van der Waals surface area contributed by atoms with Crippen molar-refractivity contribution in [1.82, 2.24) is 5.32 Å². The van der Waals surface area contributed by atoms with Gasteiger partial charge in [0.1, 0.15) is 25.6 Å². The van der Waals surface area contributed by atoms with Crippen molar-refractivity contribution < 1.29 is 23.7 Å². The van der Waals surface area contributed by atoms with Gasteiger partial charge in [0.15, 0.2) is 17.6 Å². The van der Waals surface area contributed by atoms with Gasteiger partial charge in [-0.25, -0.2) is 0 Å². The molecule has 0 spiro atoms. The molecule has 0 aromatic heterocycles. The van der Waals surface area contributed by atoms with Gasteiger partial charge in [-0.05, 0) is 48.2 Å². The molecule has 0 unspecified atom stereocenters. The highest BCUT2D eigenvalue weighted by Crippen LogP contribution is 2.28. The number of benzene rings is 2. The zero-order valence-corrected chi connectivity index (χ0v) is 18.6. The van der Waals surface area contributed by atoms with Crippen LogP contribution in [0.5, 0.6) is 17.2 Å². The molecule has 2 aromatic carbocycles. The lowest BCUT2D eigenvalue weighted by molar-refractivity contribution is -0.133. The van der Waals surface area contributed by atoms with Crippen molar-refractivity contribution in [2.75, 3.05) is 33.5 Å². The van der Waals surface area contributed by atoms with Gasteiger partial charge in [-0.15, -0.1) is 12.8 Å². The predicted molar refractivity (Wildman–Crippen MR) is 124 cm³/mol. The van der Waals surface area contributed by atoms with Crippen molar-refractivity contribution in [2.45, 2.75) is 25.9 Å². The predicted octanol–water partition coefficient (Wildman–Crippen LogP) is 3.03. The van der Waals surface area contributed by atoms with Crippen molar-refractivity contribution in [1.29, 1.82) is 0 Å². The maximum Gasteiger partial charge on any atom is 0.252 e. The fourth-order valence-corrected chi connectivity index (χ4v) is 2.89. The maximum atomic E-state index is 12.6. The van der Waals surface area contributed by atoms with E-state index < -0.39 is 6.10 Å². The Kier molecular flexibility index (Phi) is 10.5. The summed E-state index contributed by atoms with van der Waals surface area (Å²) in [7, 11) is 1.56. The molecule has 0 aliphatic carbocycles. The molecule has 1 atom stereocenters. The Morgan fingerprint density at radius 2 is 1.72 bits per heavy atom. The third kappa shape index (κ3) is 7.91. The summed E-state index contributed by atoms with van der Waals surface area (Å²) in [4.78, 5) is 12.6. The van der Waals surface area contributed by atoms with Crippen molar-refractivity contribution in [3.63, 3.8) is 0 Å². The molecule has 0 aliphatic heterocycles. The van der Waals surface area contributed by atoms with Gasteiger partial charge >= 0.3 is 0 Å². The highest BCUT2D eigenvalue weighted by atomic mass is 16.5. The molecule has 0 heterocycles. The monoisotopic (exact) mass is 435 g/mol. The summed E-state index contributed by atoms with van der Waals surface area (Å²) in [6.45, 7) is 2.74. The van der Waals surface area contributed by atoms with Crippen LogP contribution in [0.15, 0.2) is 42.5 Å². The molecule has 0 bridgehead atoms. The Bertz CT molecular complexity index is 940. The van der Waals surface area contributed by atoms with Gasteiger partial charge in [0.2, 0.25) is 0 Å². The minimum Gasteiger partial charge on any atom is -0.493 e. The lowest BCUT2D eigenvalue weighted by Gasteiger charge is -2.17.